The number of nitrogens with zero attached hydrogens (tertiary/aromatic N) is 2. The molecule has 0 saturated carbocycles. The summed E-state index contributed by atoms with van der Waals surface area (Å²) in [5, 5.41) is 13.1. The number of hydrogen-bond acceptors (Lipinski definition) is 5. The molecule has 0 fully saturated rings. The van der Waals surface area contributed by atoms with Gasteiger partial charge in [0.05, 0.1) is 23.7 Å². The lowest BCUT2D eigenvalue weighted by molar-refractivity contribution is -0.384. The normalized spacial score (nSPS) is 11.0. The largest absolute Gasteiger partial charge is 0.496 e. The maximum atomic E-state index is 12.9. The predicted molar refractivity (Wildman–Crippen MR) is 76.8 cm³/mol. The van der Waals surface area contributed by atoms with E-state index in [1.165, 1.54) is 13.2 Å². The topological polar surface area (TPSA) is 94.4 Å². The number of aromatic nitrogens is 1. The van der Waals surface area contributed by atoms with Crippen molar-refractivity contribution in [2.24, 2.45) is 0 Å². The Balaban J connectivity index is 2.40. The van der Waals surface area contributed by atoms with Crippen LogP contribution in [0.1, 0.15) is 16.1 Å². The van der Waals surface area contributed by atoms with E-state index in [0.717, 1.165) is 24.4 Å². The van der Waals surface area contributed by atoms with E-state index in [4.69, 9.17) is 4.74 Å². The quantitative estimate of drug-likeness (QED) is 0.680. The number of carbonyl (C=O) groups excluding carboxylic acids is 1. The van der Waals surface area contributed by atoms with Crippen LogP contribution in [0.25, 0.3) is 0 Å². The maximum Gasteiger partial charge on any atom is 0.418 e. The number of methoxy groups -OCH3 is 1. The zero-order chi connectivity index (χ0) is 17.9. The molecule has 7 nitrogen and oxygen atoms in total. The van der Waals surface area contributed by atoms with Gasteiger partial charge in [-0.1, -0.05) is 0 Å². The fourth-order valence-corrected chi connectivity index (χ4v) is 1.89. The minimum atomic E-state index is -4.78. The molecule has 24 heavy (non-hydrogen) atoms. The van der Waals surface area contributed by atoms with Gasteiger partial charge in [0.25, 0.3) is 11.6 Å². The van der Waals surface area contributed by atoms with Crippen LogP contribution in [0.2, 0.25) is 0 Å². The molecule has 2 aromatic rings. The average Bonchev–Trinajstić information content (AvgIpc) is 2.54. The fraction of sp³-hybridized carbons (Fsp3) is 0.143. The maximum absolute atomic E-state index is 12.9. The number of alkyl halides is 3. The average molecular weight is 341 g/mol. The van der Waals surface area contributed by atoms with E-state index in [1.54, 1.807) is 0 Å². The first-order valence-electron chi connectivity index (χ1n) is 6.40. The summed E-state index contributed by atoms with van der Waals surface area (Å²) in [6, 6.07) is 5.26. The number of benzene rings is 1. The minimum absolute atomic E-state index is 0.161. The molecule has 0 atom stereocenters. The summed E-state index contributed by atoms with van der Waals surface area (Å²) in [5.41, 5.74) is -2.91. The summed E-state index contributed by atoms with van der Waals surface area (Å²) in [6.07, 6.45) is -3.76. The number of ether oxygens (including phenoxy) is 1. The molecular formula is C14H10F3N3O4. The Kier molecular flexibility index (Phi) is 4.67. The van der Waals surface area contributed by atoms with E-state index in [-0.39, 0.29) is 11.4 Å². The van der Waals surface area contributed by atoms with Gasteiger partial charge in [-0.15, -0.1) is 0 Å². The van der Waals surface area contributed by atoms with Gasteiger partial charge in [0.15, 0.2) is 0 Å². The summed E-state index contributed by atoms with van der Waals surface area (Å²) in [5.74, 6) is -1.05. The molecule has 0 aliphatic carbocycles. The van der Waals surface area contributed by atoms with Crippen LogP contribution >= 0.6 is 0 Å². The number of rotatable bonds is 4. The summed E-state index contributed by atoms with van der Waals surface area (Å²) >= 11 is 0. The third-order valence-electron chi connectivity index (χ3n) is 2.98. The number of pyridine rings is 1. The predicted octanol–water partition coefficient (Wildman–Crippen LogP) is 3.27. The van der Waals surface area contributed by atoms with Crippen molar-refractivity contribution >= 4 is 17.3 Å². The molecule has 1 aromatic carbocycles. The fourth-order valence-electron chi connectivity index (χ4n) is 1.89. The number of halogens is 3. The van der Waals surface area contributed by atoms with Gasteiger partial charge < -0.3 is 10.1 Å². The third-order valence-corrected chi connectivity index (χ3v) is 2.98. The summed E-state index contributed by atoms with van der Waals surface area (Å²) < 4.78 is 43.6. The van der Waals surface area contributed by atoms with Crippen LogP contribution in [-0.4, -0.2) is 22.9 Å². The highest BCUT2D eigenvalue weighted by Crippen LogP contribution is 2.33. The molecule has 126 valence electrons. The molecular weight excluding hydrogens is 331 g/mol. The Bertz CT molecular complexity index is 793. The summed E-state index contributed by atoms with van der Waals surface area (Å²) in [7, 11) is 1.29. The lowest BCUT2D eigenvalue weighted by atomic mass is 10.1. The molecule has 1 amide bonds. The van der Waals surface area contributed by atoms with E-state index < -0.39 is 34.0 Å². The Morgan fingerprint density at radius 1 is 1.33 bits per heavy atom. The van der Waals surface area contributed by atoms with E-state index >= 15 is 0 Å². The summed E-state index contributed by atoms with van der Waals surface area (Å²) in [4.78, 5) is 25.8. The molecule has 1 aromatic heterocycles. The van der Waals surface area contributed by atoms with Crippen molar-refractivity contribution in [1.29, 1.82) is 0 Å². The molecule has 0 radical (unpaired) electrons. The molecule has 0 aliphatic heterocycles. The van der Waals surface area contributed by atoms with Crippen LogP contribution in [0.15, 0.2) is 36.5 Å². The van der Waals surface area contributed by atoms with Crippen molar-refractivity contribution in [1.82, 2.24) is 4.98 Å². The van der Waals surface area contributed by atoms with Crippen molar-refractivity contribution in [3.63, 3.8) is 0 Å². The Hall–Kier alpha value is -3.17. The highest BCUT2D eigenvalue weighted by Gasteiger charge is 2.36. The lowest BCUT2D eigenvalue weighted by Crippen LogP contribution is -2.20. The van der Waals surface area contributed by atoms with Crippen LogP contribution in [0.4, 0.5) is 24.5 Å². The van der Waals surface area contributed by atoms with Crippen LogP contribution < -0.4 is 10.1 Å². The monoisotopic (exact) mass is 341 g/mol. The molecule has 0 bridgehead atoms. The van der Waals surface area contributed by atoms with E-state index in [9.17, 15) is 28.1 Å². The van der Waals surface area contributed by atoms with E-state index in [2.05, 4.69) is 10.3 Å². The molecule has 1 N–H and O–H groups in total. The van der Waals surface area contributed by atoms with Crippen molar-refractivity contribution in [2.75, 3.05) is 12.4 Å². The number of amides is 1. The van der Waals surface area contributed by atoms with Crippen LogP contribution in [0.3, 0.4) is 0 Å². The zero-order valence-electron chi connectivity index (χ0n) is 12.1. The first kappa shape index (κ1) is 17.2. The molecule has 0 unspecified atom stereocenters. The van der Waals surface area contributed by atoms with Crippen LogP contribution in [-0.2, 0) is 6.18 Å². The van der Waals surface area contributed by atoms with Gasteiger partial charge in [0.2, 0.25) is 0 Å². The van der Waals surface area contributed by atoms with Crippen LogP contribution in [0.5, 0.6) is 5.75 Å². The minimum Gasteiger partial charge on any atom is -0.496 e. The standard InChI is InChI=1S/C14H10F3N3O4/c1-24-8-4-5-10(11(7-8)20(22)23)19-13(21)12-9(14(15,16)17)3-2-6-18-12/h2-7H,1H3,(H,19,21). The van der Waals surface area contributed by atoms with E-state index in [1.807, 2.05) is 0 Å². The Labute approximate surface area is 133 Å². The van der Waals surface area contributed by atoms with Crippen molar-refractivity contribution in [2.45, 2.75) is 6.18 Å². The van der Waals surface area contributed by atoms with E-state index in [0.29, 0.717) is 6.07 Å². The number of anilines is 1. The van der Waals surface area contributed by atoms with Crippen LogP contribution in [0, 0.1) is 10.1 Å². The van der Waals surface area contributed by atoms with Gasteiger partial charge in [-0.2, -0.15) is 13.2 Å². The number of hydrogen-bond donors (Lipinski definition) is 1. The lowest BCUT2D eigenvalue weighted by Gasteiger charge is -2.12. The second-order valence-corrected chi connectivity index (χ2v) is 4.49. The molecule has 0 saturated heterocycles. The zero-order valence-corrected chi connectivity index (χ0v) is 12.1. The molecule has 1 heterocycles. The van der Waals surface area contributed by atoms with Crippen molar-refractivity contribution < 1.29 is 27.6 Å². The second kappa shape index (κ2) is 6.52. The van der Waals surface area contributed by atoms with Gasteiger partial charge in [0.1, 0.15) is 17.1 Å². The van der Waals surface area contributed by atoms with Gasteiger partial charge in [-0.25, -0.2) is 0 Å². The number of carbonyl (C=O) groups is 1. The second-order valence-electron chi connectivity index (χ2n) is 4.49. The van der Waals surface area contributed by atoms with Gasteiger partial charge in [-0.05, 0) is 24.3 Å². The first-order chi connectivity index (χ1) is 11.2. The number of nitro groups is 1. The SMILES string of the molecule is COc1ccc(NC(=O)c2ncccc2C(F)(F)F)c([N+](=O)[O-])c1. The number of nitro benzene ring substituents is 1. The molecule has 10 heteroatoms. The van der Waals surface area contributed by atoms with Gasteiger partial charge in [-0.3, -0.25) is 19.9 Å². The Morgan fingerprint density at radius 3 is 2.62 bits per heavy atom. The molecule has 0 aliphatic rings. The number of nitrogens with one attached hydrogen (secondary N) is 1. The Morgan fingerprint density at radius 2 is 2.04 bits per heavy atom. The summed E-state index contributed by atoms with van der Waals surface area (Å²) in [6.45, 7) is 0. The highest BCUT2D eigenvalue weighted by molar-refractivity contribution is 6.05. The third kappa shape index (κ3) is 3.59. The first-order valence-corrected chi connectivity index (χ1v) is 6.40. The highest BCUT2D eigenvalue weighted by atomic mass is 19.4. The molecule has 0 spiro atoms. The molecule has 2 rings (SSSR count). The van der Waals surface area contributed by atoms with Crippen molar-refractivity contribution in [3.05, 3.63) is 57.9 Å². The smallest absolute Gasteiger partial charge is 0.418 e. The van der Waals surface area contributed by atoms with Gasteiger partial charge >= 0.3 is 6.18 Å². The van der Waals surface area contributed by atoms with Crippen molar-refractivity contribution in [3.8, 4) is 5.75 Å². The van der Waals surface area contributed by atoms with Gasteiger partial charge in [0, 0.05) is 6.20 Å².